The van der Waals surface area contributed by atoms with Crippen LogP contribution in [0.15, 0.2) is 42.5 Å². The minimum absolute atomic E-state index is 0.308. The second kappa shape index (κ2) is 5.96. The van der Waals surface area contributed by atoms with E-state index >= 15 is 0 Å². The molecule has 3 heteroatoms. The molecule has 0 radical (unpaired) electrons. The van der Waals surface area contributed by atoms with E-state index in [2.05, 4.69) is 35.2 Å². The standard InChI is InChI=1S/C15H20N2O/c1-17(11-15(18)9-16)10-12-6-7-13-4-2-3-5-14(13)8-12/h2-8,15,18H,9-11,16H2,1H3. The van der Waals surface area contributed by atoms with E-state index in [1.54, 1.807) is 0 Å². The summed E-state index contributed by atoms with van der Waals surface area (Å²) in [4.78, 5) is 2.08. The molecule has 2 aromatic carbocycles. The first-order chi connectivity index (χ1) is 8.69. The van der Waals surface area contributed by atoms with Crippen molar-refractivity contribution in [2.24, 2.45) is 5.73 Å². The molecule has 0 bridgehead atoms. The van der Waals surface area contributed by atoms with Crippen LogP contribution < -0.4 is 5.73 Å². The van der Waals surface area contributed by atoms with Gasteiger partial charge in [0.2, 0.25) is 0 Å². The molecule has 96 valence electrons. The molecule has 0 saturated heterocycles. The van der Waals surface area contributed by atoms with E-state index in [4.69, 9.17) is 5.73 Å². The van der Waals surface area contributed by atoms with Crippen LogP contribution in [0.25, 0.3) is 10.8 Å². The van der Waals surface area contributed by atoms with Gasteiger partial charge in [-0.2, -0.15) is 0 Å². The predicted octanol–water partition coefficient (Wildman–Crippen LogP) is 1.59. The summed E-state index contributed by atoms with van der Waals surface area (Å²) in [5, 5.41) is 12.0. The Morgan fingerprint density at radius 2 is 1.89 bits per heavy atom. The summed E-state index contributed by atoms with van der Waals surface area (Å²) < 4.78 is 0. The Hall–Kier alpha value is -1.42. The highest BCUT2D eigenvalue weighted by Gasteiger charge is 2.06. The monoisotopic (exact) mass is 244 g/mol. The molecule has 0 heterocycles. The van der Waals surface area contributed by atoms with Gasteiger partial charge in [-0.25, -0.2) is 0 Å². The van der Waals surface area contributed by atoms with Gasteiger partial charge in [-0.15, -0.1) is 0 Å². The lowest BCUT2D eigenvalue weighted by Gasteiger charge is -2.19. The van der Waals surface area contributed by atoms with Gasteiger partial charge in [-0.05, 0) is 29.4 Å². The van der Waals surface area contributed by atoms with E-state index in [9.17, 15) is 5.11 Å². The van der Waals surface area contributed by atoms with E-state index in [0.717, 1.165) is 6.54 Å². The molecule has 0 saturated carbocycles. The van der Waals surface area contributed by atoms with Crippen molar-refractivity contribution in [1.82, 2.24) is 4.90 Å². The number of likely N-dealkylation sites (N-methyl/N-ethyl adjacent to an activating group) is 1. The van der Waals surface area contributed by atoms with Crippen LogP contribution in [0.2, 0.25) is 0 Å². The van der Waals surface area contributed by atoms with Gasteiger partial charge in [0, 0.05) is 19.6 Å². The number of nitrogens with zero attached hydrogens (tertiary/aromatic N) is 1. The molecule has 0 aromatic heterocycles. The Morgan fingerprint density at radius 3 is 2.61 bits per heavy atom. The van der Waals surface area contributed by atoms with Crippen LogP contribution in [-0.4, -0.2) is 36.2 Å². The van der Waals surface area contributed by atoms with Crippen LogP contribution in [-0.2, 0) is 6.54 Å². The average Bonchev–Trinajstić information content (AvgIpc) is 2.38. The summed E-state index contributed by atoms with van der Waals surface area (Å²) in [6.07, 6.45) is -0.449. The zero-order valence-electron chi connectivity index (χ0n) is 10.7. The molecule has 0 spiro atoms. The van der Waals surface area contributed by atoms with Gasteiger partial charge in [0.05, 0.1) is 6.10 Å². The van der Waals surface area contributed by atoms with Crippen LogP contribution in [0.4, 0.5) is 0 Å². The van der Waals surface area contributed by atoms with E-state index < -0.39 is 6.10 Å². The summed E-state index contributed by atoms with van der Waals surface area (Å²) in [6, 6.07) is 14.8. The Morgan fingerprint density at radius 1 is 1.17 bits per heavy atom. The summed E-state index contributed by atoms with van der Waals surface area (Å²) >= 11 is 0. The first-order valence-corrected chi connectivity index (χ1v) is 6.23. The van der Waals surface area contributed by atoms with Crippen LogP contribution in [0.1, 0.15) is 5.56 Å². The van der Waals surface area contributed by atoms with Crippen molar-refractivity contribution in [3.63, 3.8) is 0 Å². The molecule has 0 amide bonds. The van der Waals surface area contributed by atoms with E-state index in [1.165, 1.54) is 16.3 Å². The van der Waals surface area contributed by atoms with Gasteiger partial charge in [-0.1, -0.05) is 36.4 Å². The largest absolute Gasteiger partial charge is 0.390 e. The van der Waals surface area contributed by atoms with Crippen molar-refractivity contribution in [3.05, 3.63) is 48.0 Å². The van der Waals surface area contributed by atoms with Gasteiger partial charge in [-0.3, -0.25) is 4.90 Å². The normalized spacial score (nSPS) is 13.1. The Kier molecular flexibility index (Phi) is 4.31. The summed E-state index contributed by atoms with van der Waals surface area (Å²) in [5.41, 5.74) is 6.66. The Bertz CT molecular complexity index is 513. The molecule has 2 rings (SSSR count). The van der Waals surface area contributed by atoms with E-state index in [0.29, 0.717) is 13.1 Å². The fraction of sp³-hybridized carbons (Fsp3) is 0.333. The SMILES string of the molecule is CN(Cc1ccc2ccccc2c1)CC(O)CN. The third-order valence-electron chi connectivity index (χ3n) is 3.06. The Balaban J connectivity index is 2.07. The molecular formula is C15H20N2O. The third kappa shape index (κ3) is 3.29. The van der Waals surface area contributed by atoms with Gasteiger partial charge in [0.1, 0.15) is 0 Å². The number of benzene rings is 2. The lowest BCUT2D eigenvalue weighted by atomic mass is 10.1. The minimum atomic E-state index is -0.449. The number of rotatable bonds is 5. The predicted molar refractivity (Wildman–Crippen MR) is 75.3 cm³/mol. The number of hydrogen-bond acceptors (Lipinski definition) is 3. The van der Waals surface area contributed by atoms with Crippen LogP contribution in [0.5, 0.6) is 0 Å². The number of nitrogens with two attached hydrogens (primary N) is 1. The molecule has 0 aliphatic carbocycles. The average molecular weight is 244 g/mol. The number of aliphatic hydroxyl groups excluding tert-OH is 1. The lowest BCUT2D eigenvalue weighted by Crippen LogP contribution is -2.33. The maximum atomic E-state index is 9.51. The smallest absolute Gasteiger partial charge is 0.0789 e. The van der Waals surface area contributed by atoms with Gasteiger partial charge in [0.15, 0.2) is 0 Å². The lowest BCUT2D eigenvalue weighted by molar-refractivity contribution is 0.129. The minimum Gasteiger partial charge on any atom is -0.390 e. The topological polar surface area (TPSA) is 49.5 Å². The quantitative estimate of drug-likeness (QED) is 0.839. The van der Waals surface area contributed by atoms with Crippen molar-refractivity contribution in [2.45, 2.75) is 12.6 Å². The maximum Gasteiger partial charge on any atom is 0.0789 e. The molecule has 3 N–H and O–H groups in total. The van der Waals surface area contributed by atoms with Crippen molar-refractivity contribution in [2.75, 3.05) is 20.1 Å². The molecule has 2 aromatic rings. The van der Waals surface area contributed by atoms with Gasteiger partial charge < -0.3 is 10.8 Å². The first kappa shape index (κ1) is 13.0. The number of aliphatic hydroxyl groups is 1. The van der Waals surface area contributed by atoms with Crippen LogP contribution in [0, 0.1) is 0 Å². The van der Waals surface area contributed by atoms with Gasteiger partial charge >= 0.3 is 0 Å². The van der Waals surface area contributed by atoms with Crippen LogP contribution in [0.3, 0.4) is 0 Å². The number of fused-ring (bicyclic) bond motifs is 1. The summed E-state index contributed by atoms with van der Waals surface area (Å²) in [7, 11) is 1.99. The fourth-order valence-electron chi connectivity index (χ4n) is 2.15. The van der Waals surface area contributed by atoms with Crippen molar-refractivity contribution in [3.8, 4) is 0 Å². The maximum absolute atomic E-state index is 9.51. The molecule has 1 atom stereocenters. The van der Waals surface area contributed by atoms with Crippen molar-refractivity contribution >= 4 is 10.8 Å². The van der Waals surface area contributed by atoms with Crippen molar-refractivity contribution < 1.29 is 5.11 Å². The molecule has 1 unspecified atom stereocenters. The van der Waals surface area contributed by atoms with Crippen LogP contribution >= 0.6 is 0 Å². The second-order valence-electron chi connectivity index (χ2n) is 4.77. The molecule has 0 aliphatic rings. The highest BCUT2D eigenvalue weighted by molar-refractivity contribution is 5.82. The highest BCUT2D eigenvalue weighted by Crippen LogP contribution is 2.16. The summed E-state index contributed by atoms with van der Waals surface area (Å²) in [5.74, 6) is 0. The summed E-state index contributed by atoms with van der Waals surface area (Å²) in [6.45, 7) is 1.73. The second-order valence-corrected chi connectivity index (χ2v) is 4.77. The number of hydrogen-bond donors (Lipinski definition) is 2. The molecule has 0 fully saturated rings. The third-order valence-corrected chi connectivity index (χ3v) is 3.06. The van der Waals surface area contributed by atoms with Crippen molar-refractivity contribution in [1.29, 1.82) is 0 Å². The van der Waals surface area contributed by atoms with Gasteiger partial charge in [0.25, 0.3) is 0 Å². The fourth-order valence-corrected chi connectivity index (χ4v) is 2.15. The highest BCUT2D eigenvalue weighted by atomic mass is 16.3. The molecule has 0 aliphatic heterocycles. The Labute approximate surface area is 108 Å². The first-order valence-electron chi connectivity index (χ1n) is 6.23. The molecule has 18 heavy (non-hydrogen) atoms. The molecular weight excluding hydrogens is 224 g/mol. The zero-order chi connectivity index (χ0) is 13.0. The van der Waals surface area contributed by atoms with E-state index in [-0.39, 0.29) is 0 Å². The zero-order valence-corrected chi connectivity index (χ0v) is 10.7. The van der Waals surface area contributed by atoms with E-state index in [1.807, 2.05) is 19.2 Å². The molecule has 3 nitrogen and oxygen atoms in total.